The van der Waals surface area contributed by atoms with Crippen LogP contribution >= 0.6 is 0 Å². The van der Waals surface area contributed by atoms with Gasteiger partial charge in [-0.15, -0.1) is 0 Å². The number of rotatable bonds is 7. The van der Waals surface area contributed by atoms with Crippen molar-refractivity contribution in [3.8, 4) is 0 Å². The summed E-state index contributed by atoms with van der Waals surface area (Å²) in [7, 11) is -3.80. The second-order valence-corrected chi connectivity index (χ2v) is 8.20. The summed E-state index contributed by atoms with van der Waals surface area (Å²) < 4.78 is 26.8. The first-order valence-corrected chi connectivity index (χ1v) is 10.4. The van der Waals surface area contributed by atoms with E-state index in [1.165, 1.54) is 12.1 Å². The molecule has 0 atom stereocenters. The number of ketones is 1. The Balaban J connectivity index is 1.75. The van der Waals surface area contributed by atoms with E-state index in [1.807, 2.05) is 13.0 Å². The summed E-state index contributed by atoms with van der Waals surface area (Å²) in [5, 5.41) is 2.63. The Bertz CT molecular complexity index is 1130. The van der Waals surface area contributed by atoms with E-state index in [4.69, 9.17) is 0 Å². The Morgan fingerprint density at radius 3 is 2.14 bits per heavy atom. The number of carbonyl (C=O) groups excluding carboxylic acids is 2. The molecular weight excluding hydrogens is 388 g/mol. The van der Waals surface area contributed by atoms with Crippen molar-refractivity contribution >= 4 is 27.4 Å². The van der Waals surface area contributed by atoms with E-state index < -0.39 is 22.5 Å². The van der Waals surface area contributed by atoms with Gasteiger partial charge in [-0.3, -0.25) is 9.59 Å². The van der Waals surface area contributed by atoms with Crippen LogP contribution in [-0.4, -0.2) is 26.7 Å². The number of hydrogen-bond donors (Lipinski definition) is 2. The fraction of sp³-hybridized carbons (Fsp3) is 0.0909. The highest BCUT2D eigenvalue weighted by Gasteiger charge is 2.18. The molecule has 7 heteroatoms. The lowest BCUT2D eigenvalue weighted by Gasteiger charge is -2.12. The van der Waals surface area contributed by atoms with Crippen LogP contribution in [0.15, 0.2) is 83.8 Å². The van der Waals surface area contributed by atoms with Gasteiger partial charge in [0.1, 0.15) is 0 Å². The number of carbonyl (C=O) groups is 2. The number of hydrogen-bond acceptors (Lipinski definition) is 4. The van der Waals surface area contributed by atoms with Crippen molar-refractivity contribution in [3.63, 3.8) is 0 Å². The molecule has 3 aromatic rings. The third-order valence-corrected chi connectivity index (χ3v) is 5.62. The Kier molecular flexibility index (Phi) is 6.21. The third-order valence-electron chi connectivity index (χ3n) is 4.21. The van der Waals surface area contributed by atoms with E-state index in [1.54, 1.807) is 60.7 Å². The van der Waals surface area contributed by atoms with Crippen LogP contribution < -0.4 is 10.0 Å². The van der Waals surface area contributed by atoms with Gasteiger partial charge in [-0.05, 0) is 31.2 Å². The number of amides is 1. The summed E-state index contributed by atoms with van der Waals surface area (Å²) in [6.45, 7) is 1.39. The predicted molar refractivity (Wildman–Crippen MR) is 111 cm³/mol. The maximum absolute atomic E-state index is 12.8. The first-order valence-electron chi connectivity index (χ1n) is 8.92. The summed E-state index contributed by atoms with van der Waals surface area (Å²) in [5.41, 5.74) is 2.04. The second kappa shape index (κ2) is 8.81. The minimum absolute atomic E-state index is 0.0723. The zero-order chi connectivity index (χ0) is 20.9. The van der Waals surface area contributed by atoms with Gasteiger partial charge in [-0.1, -0.05) is 60.2 Å². The summed E-state index contributed by atoms with van der Waals surface area (Å²) in [5.74, 6) is -0.801. The molecule has 3 rings (SSSR count). The molecule has 0 aliphatic rings. The van der Waals surface area contributed by atoms with E-state index in [-0.39, 0.29) is 10.7 Å². The standard InChI is InChI=1S/C22H20N2O4S/c1-16-12-13-20(19(14-16)22(26)17-8-4-2-5-9-17)24-21(25)15-23-29(27,28)18-10-6-3-7-11-18/h2-14,23H,15H2,1H3,(H,24,25). The van der Waals surface area contributed by atoms with Gasteiger partial charge < -0.3 is 5.32 Å². The molecule has 6 nitrogen and oxygen atoms in total. The smallest absolute Gasteiger partial charge is 0.241 e. The lowest BCUT2D eigenvalue weighted by atomic mass is 9.99. The molecule has 0 saturated heterocycles. The largest absolute Gasteiger partial charge is 0.324 e. The summed E-state index contributed by atoms with van der Waals surface area (Å²) >= 11 is 0. The zero-order valence-electron chi connectivity index (χ0n) is 15.8. The maximum atomic E-state index is 12.8. The average Bonchev–Trinajstić information content (AvgIpc) is 2.74. The number of sulfonamides is 1. The first-order chi connectivity index (χ1) is 13.9. The predicted octanol–water partition coefficient (Wildman–Crippen LogP) is 3.14. The minimum Gasteiger partial charge on any atom is -0.324 e. The molecule has 0 saturated carbocycles. The lowest BCUT2D eigenvalue weighted by Crippen LogP contribution is -2.33. The highest BCUT2D eigenvalue weighted by molar-refractivity contribution is 7.89. The van der Waals surface area contributed by atoms with Crippen LogP contribution in [0.4, 0.5) is 5.69 Å². The van der Waals surface area contributed by atoms with Crippen molar-refractivity contribution in [2.24, 2.45) is 0 Å². The fourth-order valence-electron chi connectivity index (χ4n) is 2.74. The SMILES string of the molecule is Cc1ccc(NC(=O)CNS(=O)(=O)c2ccccc2)c(C(=O)c2ccccc2)c1. The van der Waals surface area contributed by atoms with Crippen molar-refractivity contribution in [1.82, 2.24) is 4.72 Å². The van der Waals surface area contributed by atoms with Gasteiger partial charge in [0.25, 0.3) is 0 Å². The molecule has 2 N–H and O–H groups in total. The molecule has 1 amide bonds. The van der Waals surface area contributed by atoms with Gasteiger partial charge in [0.15, 0.2) is 5.78 Å². The highest BCUT2D eigenvalue weighted by Crippen LogP contribution is 2.21. The number of anilines is 1. The van der Waals surface area contributed by atoms with Crippen molar-refractivity contribution in [1.29, 1.82) is 0 Å². The molecule has 0 aromatic heterocycles. The first kappa shape index (κ1) is 20.4. The summed E-state index contributed by atoms with van der Waals surface area (Å²) in [6, 6.07) is 21.6. The van der Waals surface area contributed by atoms with Crippen molar-refractivity contribution in [2.45, 2.75) is 11.8 Å². The Morgan fingerprint density at radius 2 is 1.48 bits per heavy atom. The molecule has 0 aliphatic heterocycles. The van der Waals surface area contributed by atoms with Crippen LogP contribution in [0.25, 0.3) is 0 Å². The van der Waals surface area contributed by atoms with Gasteiger partial charge in [0.05, 0.1) is 17.1 Å². The Morgan fingerprint density at radius 1 is 0.862 bits per heavy atom. The molecule has 0 fully saturated rings. The third kappa shape index (κ3) is 5.16. The van der Waals surface area contributed by atoms with Crippen LogP contribution in [0.1, 0.15) is 21.5 Å². The second-order valence-electron chi connectivity index (χ2n) is 6.43. The van der Waals surface area contributed by atoms with E-state index in [2.05, 4.69) is 10.0 Å². The molecule has 0 heterocycles. The van der Waals surface area contributed by atoms with E-state index in [0.29, 0.717) is 16.8 Å². The van der Waals surface area contributed by atoms with Crippen LogP contribution in [0.3, 0.4) is 0 Å². The van der Waals surface area contributed by atoms with Gasteiger partial charge in [0.2, 0.25) is 15.9 Å². The summed E-state index contributed by atoms with van der Waals surface area (Å²) in [6.07, 6.45) is 0. The fourth-order valence-corrected chi connectivity index (χ4v) is 3.74. The van der Waals surface area contributed by atoms with E-state index in [9.17, 15) is 18.0 Å². The van der Waals surface area contributed by atoms with Gasteiger partial charge in [-0.25, -0.2) is 13.1 Å². The molecule has 0 radical (unpaired) electrons. The molecule has 0 spiro atoms. The monoisotopic (exact) mass is 408 g/mol. The highest BCUT2D eigenvalue weighted by atomic mass is 32.2. The molecule has 3 aromatic carbocycles. The summed E-state index contributed by atoms with van der Waals surface area (Å²) in [4.78, 5) is 25.2. The van der Waals surface area contributed by atoms with Gasteiger partial charge >= 0.3 is 0 Å². The molecule has 29 heavy (non-hydrogen) atoms. The van der Waals surface area contributed by atoms with Crippen LogP contribution in [0, 0.1) is 6.92 Å². The van der Waals surface area contributed by atoms with Crippen LogP contribution in [0.2, 0.25) is 0 Å². The van der Waals surface area contributed by atoms with Crippen molar-refractivity contribution in [2.75, 3.05) is 11.9 Å². The number of nitrogens with one attached hydrogen (secondary N) is 2. The normalized spacial score (nSPS) is 11.1. The topological polar surface area (TPSA) is 92.3 Å². The quantitative estimate of drug-likeness (QED) is 0.588. The van der Waals surface area contributed by atoms with Crippen LogP contribution in [-0.2, 0) is 14.8 Å². The minimum atomic E-state index is -3.80. The lowest BCUT2D eigenvalue weighted by molar-refractivity contribution is -0.115. The van der Waals surface area contributed by atoms with Gasteiger partial charge in [0, 0.05) is 11.1 Å². The molecule has 0 aliphatic carbocycles. The molecular formula is C22H20N2O4S. The maximum Gasteiger partial charge on any atom is 0.241 e. The average molecular weight is 408 g/mol. The molecule has 0 unspecified atom stereocenters. The van der Waals surface area contributed by atoms with Gasteiger partial charge in [-0.2, -0.15) is 0 Å². The molecule has 148 valence electrons. The van der Waals surface area contributed by atoms with Crippen molar-refractivity contribution in [3.05, 3.63) is 95.6 Å². The molecule has 0 bridgehead atoms. The van der Waals surface area contributed by atoms with Crippen molar-refractivity contribution < 1.29 is 18.0 Å². The number of benzene rings is 3. The zero-order valence-corrected chi connectivity index (χ0v) is 16.6. The van der Waals surface area contributed by atoms with Crippen LogP contribution in [0.5, 0.6) is 0 Å². The Hall–Kier alpha value is -3.29. The number of aryl methyl sites for hydroxylation is 1. The Labute approximate surface area is 169 Å². The van der Waals surface area contributed by atoms with E-state index in [0.717, 1.165) is 5.56 Å². The van der Waals surface area contributed by atoms with E-state index >= 15 is 0 Å².